The molecule has 166 valence electrons. The molecule has 0 unspecified atom stereocenters. The molecule has 0 aliphatic carbocycles. The van der Waals surface area contributed by atoms with Gasteiger partial charge in [0, 0.05) is 13.1 Å². The van der Waals surface area contributed by atoms with E-state index in [4.69, 9.17) is 15.5 Å². The first-order chi connectivity index (χ1) is 16.2. The zero-order chi connectivity index (χ0) is 22.3. The van der Waals surface area contributed by atoms with E-state index in [1.165, 1.54) is 0 Å². The standard InChI is InChI=1S/C24H24N8O/c25-24(9-11-32(12-10-24)22-17-13-28-31-21(17)26-15-27-22)23-29-18-7-4-8-19(20(18)30-23)33-14-16-5-2-1-3-6-16/h1-8,13,15H,9-12,14,25H2,(H,29,30)(H,26,27,28,31). The van der Waals surface area contributed by atoms with E-state index in [0.717, 1.165) is 71.0 Å². The van der Waals surface area contributed by atoms with Gasteiger partial charge < -0.3 is 20.4 Å². The third-order valence-electron chi connectivity index (χ3n) is 6.37. The molecule has 0 atom stereocenters. The maximum atomic E-state index is 6.88. The Balaban J connectivity index is 1.22. The van der Waals surface area contributed by atoms with Crippen LogP contribution in [0.5, 0.6) is 5.75 Å². The number of hydrogen-bond acceptors (Lipinski definition) is 7. The van der Waals surface area contributed by atoms with E-state index in [1.54, 1.807) is 12.5 Å². The van der Waals surface area contributed by atoms with Crippen LogP contribution < -0.4 is 15.4 Å². The molecule has 0 bridgehead atoms. The van der Waals surface area contributed by atoms with Gasteiger partial charge in [-0.2, -0.15) is 5.10 Å². The Morgan fingerprint density at radius 3 is 2.73 bits per heavy atom. The Labute approximate surface area is 190 Å². The number of aromatic amines is 2. The molecule has 2 aromatic carbocycles. The molecule has 5 aromatic rings. The summed E-state index contributed by atoms with van der Waals surface area (Å²) in [6, 6.07) is 16.0. The van der Waals surface area contributed by atoms with Gasteiger partial charge in [0.2, 0.25) is 0 Å². The summed E-state index contributed by atoms with van der Waals surface area (Å²) in [6.07, 6.45) is 4.83. The molecule has 0 amide bonds. The van der Waals surface area contributed by atoms with Crippen LogP contribution in [0.2, 0.25) is 0 Å². The third kappa shape index (κ3) is 3.56. The molecule has 0 radical (unpaired) electrons. The summed E-state index contributed by atoms with van der Waals surface area (Å²) in [4.78, 5) is 19.3. The first-order valence-corrected chi connectivity index (χ1v) is 11.0. The second-order valence-corrected chi connectivity index (χ2v) is 8.48. The molecule has 3 aromatic heterocycles. The van der Waals surface area contributed by atoms with Gasteiger partial charge >= 0.3 is 0 Å². The third-order valence-corrected chi connectivity index (χ3v) is 6.37. The number of aromatic nitrogens is 6. The number of imidazole rings is 1. The van der Waals surface area contributed by atoms with Crippen LogP contribution in [0, 0.1) is 0 Å². The average molecular weight is 441 g/mol. The number of para-hydroxylation sites is 1. The van der Waals surface area contributed by atoms with Crippen molar-refractivity contribution in [1.82, 2.24) is 30.1 Å². The van der Waals surface area contributed by atoms with Crippen molar-refractivity contribution in [2.45, 2.75) is 25.0 Å². The minimum Gasteiger partial charge on any atom is -0.487 e. The Morgan fingerprint density at radius 1 is 1.03 bits per heavy atom. The lowest BCUT2D eigenvalue weighted by Crippen LogP contribution is -2.49. The number of hydrogen-bond donors (Lipinski definition) is 3. The topological polar surface area (TPSA) is 122 Å². The molecule has 9 nitrogen and oxygen atoms in total. The van der Waals surface area contributed by atoms with E-state index < -0.39 is 5.54 Å². The molecular formula is C24H24N8O. The minimum atomic E-state index is -0.547. The van der Waals surface area contributed by atoms with Crippen LogP contribution in [0.1, 0.15) is 24.2 Å². The molecule has 1 aliphatic heterocycles. The highest BCUT2D eigenvalue weighted by Crippen LogP contribution is 2.34. The van der Waals surface area contributed by atoms with E-state index in [9.17, 15) is 0 Å². The second-order valence-electron chi connectivity index (χ2n) is 8.48. The molecule has 1 fully saturated rings. The highest BCUT2D eigenvalue weighted by molar-refractivity contribution is 5.86. The number of benzene rings is 2. The number of ether oxygens (including phenoxy) is 1. The molecule has 0 spiro atoms. The molecule has 1 saturated heterocycles. The first kappa shape index (κ1) is 19.7. The van der Waals surface area contributed by atoms with Crippen molar-refractivity contribution < 1.29 is 4.74 Å². The fourth-order valence-corrected chi connectivity index (χ4v) is 4.46. The lowest BCUT2D eigenvalue weighted by Gasteiger charge is -2.38. The summed E-state index contributed by atoms with van der Waals surface area (Å²) in [6.45, 7) is 2.03. The highest BCUT2D eigenvalue weighted by Gasteiger charge is 2.36. The number of H-pyrrole nitrogens is 2. The Morgan fingerprint density at radius 2 is 1.88 bits per heavy atom. The summed E-state index contributed by atoms with van der Waals surface area (Å²) < 4.78 is 6.10. The van der Waals surface area contributed by atoms with E-state index in [1.807, 2.05) is 36.4 Å². The van der Waals surface area contributed by atoms with Crippen molar-refractivity contribution in [3.8, 4) is 5.75 Å². The van der Waals surface area contributed by atoms with Gasteiger partial charge in [-0.3, -0.25) is 5.10 Å². The fourth-order valence-electron chi connectivity index (χ4n) is 4.46. The van der Waals surface area contributed by atoms with Gasteiger partial charge in [-0.1, -0.05) is 36.4 Å². The number of nitrogens with two attached hydrogens (primary N) is 1. The summed E-state index contributed by atoms with van der Waals surface area (Å²) in [5, 5.41) is 7.92. The Bertz CT molecular complexity index is 1400. The van der Waals surface area contributed by atoms with Gasteiger partial charge in [0.1, 0.15) is 35.8 Å². The predicted molar refractivity (Wildman–Crippen MR) is 126 cm³/mol. The predicted octanol–water partition coefficient (Wildman–Crippen LogP) is 3.26. The van der Waals surface area contributed by atoms with Crippen LogP contribution in [0.15, 0.2) is 61.1 Å². The molecule has 6 rings (SSSR count). The highest BCUT2D eigenvalue weighted by atomic mass is 16.5. The number of nitrogens with zero attached hydrogens (tertiary/aromatic N) is 5. The number of rotatable bonds is 5. The van der Waals surface area contributed by atoms with Crippen LogP contribution >= 0.6 is 0 Å². The van der Waals surface area contributed by atoms with Crippen LogP contribution in [-0.2, 0) is 12.1 Å². The minimum absolute atomic E-state index is 0.498. The van der Waals surface area contributed by atoms with E-state index in [2.05, 4.69) is 42.2 Å². The fraction of sp³-hybridized carbons (Fsp3) is 0.250. The van der Waals surface area contributed by atoms with Gasteiger partial charge in [-0.05, 0) is 30.5 Å². The van der Waals surface area contributed by atoms with Crippen molar-refractivity contribution in [2.75, 3.05) is 18.0 Å². The van der Waals surface area contributed by atoms with Gasteiger partial charge in [0.05, 0.1) is 22.6 Å². The zero-order valence-corrected chi connectivity index (χ0v) is 18.0. The van der Waals surface area contributed by atoms with Crippen LogP contribution in [0.25, 0.3) is 22.1 Å². The van der Waals surface area contributed by atoms with Gasteiger partial charge in [0.25, 0.3) is 0 Å². The van der Waals surface area contributed by atoms with E-state index >= 15 is 0 Å². The lowest BCUT2D eigenvalue weighted by molar-refractivity contribution is 0.308. The lowest BCUT2D eigenvalue weighted by atomic mass is 9.88. The SMILES string of the molecule is NC1(c2nc3cccc(OCc4ccccc4)c3[nH]2)CCN(c2ncnc3[nH]ncc23)CC1. The molecule has 0 saturated carbocycles. The number of piperidine rings is 1. The monoisotopic (exact) mass is 440 g/mol. The molecule has 4 N–H and O–H groups in total. The Kier molecular flexibility index (Phi) is 4.69. The normalized spacial score (nSPS) is 15.8. The quantitative estimate of drug-likeness (QED) is 0.383. The largest absolute Gasteiger partial charge is 0.487 e. The van der Waals surface area contributed by atoms with Crippen molar-refractivity contribution in [1.29, 1.82) is 0 Å². The zero-order valence-electron chi connectivity index (χ0n) is 18.0. The summed E-state index contributed by atoms with van der Waals surface area (Å²) in [5.74, 6) is 2.46. The number of nitrogens with one attached hydrogen (secondary N) is 2. The van der Waals surface area contributed by atoms with Crippen molar-refractivity contribution >= 4 is 27.9 Å². The summed E-state index contributed by atoms with van der Waals surface area (Å²) >= 11 is 0. The van der Waals surface area contributed by atoms with Crippen molar-refractivity contribution in [3.05, 3.63) is 72.4 Å². The van der Waals surface area contributed by atoms with Gasteiger partial charge in [0.15, 0.2) is 5.65 Å². The van der Waals surface area contributed by atoms with Crippen molar-refractivity contribution in [3.63, 3.8) is 0 Å². The van der Waals surface area contributed by atoms with Crippen molar-refractivity contribution in [2.24, 2.45) is 5.73 Å². The second kappa shape index (κ2) is 7.86. The number of anilines is 1. The number of fused-ring (bicyclic) bond motifs is 2. The van der Waals surface area contributed by atoms with Crippen LogP contribution in [-0.4, -0.2) is 43.2 Å². The molecule has 9 heteroatoms. The summed E-state index contributed by atoms with van der Waals surface area (Å²) in [5.41, 5.74) is 9.93. The average Bonchev–Trinajstić information content (AvgIpc) is 3.52. The smallest absolute Gasteiger partial charge is 0.160 e. The van der Waals surface area contributed by atoms with Crippen LogP contribution in [0.3, 0.4) is 0 Å². The molecule has 1 aliphatic rings. The van der Waals surface area contributed by atoms with Crippen LogP contribution in [0.4, 0.5) is 5.82 Å². The van der Waals surface area contributed by atoms with Gasteiger partial charge in [-0.25, -0.2) is 15.0 Å². The molecule has 33 heavy (non-hydrogen) atoms. The van der Waals surface area contributed by atoms with Gasteiger partial charge in [-0.15, -0.1) is 0 Å². The van der Waals surface area contributed by atoms with E-state index in [0.29, 0.717) is 6.61 Å². The van der Waals surface area contributed by atoms with E-state index in [-0.39, 0.29) is 0 Å². The first-order valence-electron chi connectivity index (χ1n) is 11.0. The summed E-state index contributed by atoms with van der Waals surface area (Å²) in [7, 11) is 0. The molecule has 4 heterocycles. The maximum Gasteiger partial charge on any atom is 0.160 e. The maximum absolute atomic E-state index is 6.88. The Hall–Kier alpha value is -3.98. The molecular weight excluding hydrogens is 416 g/mol.